The Labute approximate surface area is 37.8 Å². The van der Waals surface area contributed by atoms with Gasteiger partial charge in [-0.1, -0.05) is 13.8 Å². The van der Waals surface area contributed by atoms with E-state index >= 15 is 0 Å². The molecule has 0 unspecified atom stereocenters. The van der Waals surface area contributed by atoms with E-state index in [0.717, 1.165) is 0 Å². The number of aliphatic hydroxyl groups excluding tert-OH is 1. The van der Waals surface area contributed by atoms with Gasteiger partial charge >= 0.3 is 0 Å². The molecule has 0 aliphatic rings. The highest BCUT2D eigenvalue weighted by Gasteiger charge is 1.61. The molecule has 0 atom stereocenters. The average Bonchev–Trinajstić information content (AvgIpc) is 1.72. The van der Waals surface area contributed by atoms with Crippen molar-refractivity contribution >= 4 is 0 Å². The molecule has 0 aliphatic carbocycles. The second kappa shape index (κ2) is 20.7. The highest BCUT2D eigenvalue weighted by molar-refractivity contribution is 4.08. The largest absolute Gasteiger partial charge is 0.394 e. The standard InChI is InChI=1S/C2H5FO.C2H6/c3-1-2-4;1-2/h4H,1-2H2;1-2H3. The topological polar surface area (TPSA) is 20.2 Å². The molecule has 0 aromatic carbocycles. The van der Waals surface area contributed by atoms with E-state index in [-0.39, 0.29) is 6.61 Å². The van der Waals surface area contributed by atoms with Crippen molar-refractivity contribution in [3.63, 3.8) is 0 Å². The van der Waals surface area contributed by atoms with Crippen LogP contribution < -0.4 is 0 Å². The minimum absolute atomic E-state index is 0.347. The molecule has 0 aromatic rings. The van der Waals surface area contributed by atoms with Gasteiger partial charge in [-0.05, 0) is 0 Å². The molecule has 2 heteroatoms. The fourth-order valence-corrected chi connectivity index (χ4v) is 0. The van der Waals surface area contributed by atoms with E-state index in [1.54, 1.807) is 0 Å². The summed E-state index contributed by atoms with van der Waals surface area (Å²) in [5.41, 5.74) is 0. The van der Waals surface area contributed by atoms with Gasteiger partial charge in [0.25, 0.3) is 0 Å². The maximum absolute atomic E-state index is 10.5. The molecule has 0 fully saturated rings. The highest BCUT2D eigenvalue weighted by atomic mass is 19.1. The molecule has 0 aromatic heterocycles. The minimum atomic E-state index is -0.625. The molecule has 0 spiro atoms. The first-order chi connectivity index (χ1) is 2.91. The van der Waals surface area contributed by atoms with Gasteiger partial charge in [0, 0.05) is 0 Å². The Bertz CT molecular complexity index is 9.51. The smallest absolute Gasteiger partial charge is 0.112 e. The van der Waals surface area contributed by atoms with Crippen LogP contribution in [0.15, 0.2) is 0 Å². The van der Waals surface area contributed by atoms with Crippen LogP contribution in [-0.2, 0) is 0 Å². The fraction of sp³-hybridized carbons (Fsp3) is 1.00. The normalized spacial score (nSPS) is 6.00. The molecule has 0 rings (SSSR count). The third-order valence-electron chi connectivity index (χ3n) is 0.0845. The Morgan fingerprint density at radius 2 is 1.67 bits per heavy atom. The average molecular weight is 94.1 g/mol. The Hall–Kier alpha value is -0.110. The van der Waals surface area contributed by atoms with E-state index in [1.807, 2.05) is 13.8 Å². The van der Waals surface area contributed by atoms with E-state index in [4.69, 9.17) is 5.11 Å². The molecule has 0 heterocycles. The zero-order valence-corrected chi connectivity index (χ0v) is 4.24. The Balaban J connectivity index is 0. The summed E-state index contributed by atoms with van der Waals surface area (Å²) in [6.45, 7) is 3.03. The van der Waals surface area contributed by atoms with Crippen LogP contribution in [0, 0.1) is 0 Å². The van der Waals surface area contributed by atoms with Crippen molar-refractivity contribution in [3.8, 4) is 0 Å². The summed E-state index contributed by atoms with van der Waals surface area (Å²) in [5.74, 6) is 0. The predicted molar refractivity (Wildman–Crippen MR) is 24.4 cm³/mol. The summed E-state index contributed by atoms with van der Waals surface area (Å²) in [6.07, 6.45) is 0. The lowest BCUT2D eigenvalue weighted by molar-refractivity contribution is 0.253. The lowest BCUT2D eigenvalue weighted by Crippen LogP contribution is -1.77. The number of rotatable bonds is 1. The van der Waals surface area contributed by atoms with Gasteiger partial charge in [-0.15, -0.1) is 0 Å². The van der Waals surface area contributed by atoms with Crippen LogP contribution in [0.1, 0.15) is 13.8 Å². The van der Waals surface area contributed by atoms with Gasteiger partial charge in [-0.25, -0.2) is 4.39 Å². The van der Waals surface area contributed by atoms with Crippen LogP contribution in [-0.4, -0.2) is 18.4 Å². The number of hydrogen-bond donors (Lipinski definition) is 1. The number of hydrogen-bond acceptors (Lipinski definition) is 1. The Morgan fingerprint density at radius 3 is 1.67 bits per heavy atom. The van der Waals surface area contributed by atoms with Gasteiger partial charge in [0.1, 0.15) is 6.67 Å². The summed E-state index contributed by atoms with van der Waals surface area (Å²) in [4.78, 5) is 0. The summed E-state index contributed by atoms with van der Waals surface area (Å²) in [6, 6.07) is 0. The van der Waals surface area contributed by atoms with Gasteiger partial charge < -0.3 is 5.11 Å². The van der Waals surface area contributed by atoms with Crippen molar-refractivity contribution in [2.24, 2.45) is 0 Å². The molecule has 0 saturated carbocycles. The second-order valence-corrected chi connectivity index (χ2v) is 0.413. The summed E-state index contributed by atoms with van der Waals surface area (Å²) in [5, 5.41) is 7.50. The molecule has 0 saturated heterocycles. The fourth-order valence-electron chi connectivity index (χ4n) is 0. The molecule has 0 bridgehead atoms. The van der Waals surface area contributed by atoms with Gasteiger partial charge in [-0.3, -0.25) is 0 Å². The molecule has 0 aliphatic heterocycles. The summed E-state index contributed by atoms with van der Waals surface area (Å²) < 4.78 is 10.5. The third kappa shape index (κ3) is 41.0. The lowest BCUT2D eigenvalue weighted by Gasteiger charge is -1.66. The zero-order valence-electron chi connectivity index (χ0n) is 4.24. The minimum Gasteiger partial charge on any atom is -0.394 e. The molecule has 0 amide bonds. The Morgan fingerprint density at radius 1 is 1.50 bits per heavy atom. The van der Waals surface area contributed by atoms with Gasteiger partial charge in [0.05, 0.1) is 6.61 Å². The van der Waals surface area contributed by atoms with Crippen molar-refractivity contribution in [1.29, 1.82) is 0 Å². The maximum Gasteiger partial charge on any atom is 0.112 e. The van der Waals surface area contributed by atoms with Crippen LogP contribution in [0.4, 0.5) is 4.39 Å². The van der Waals surface area contributed by atoms with Crippen LogP contribution in [0.5, 0.6) is 0 Å². The quantitative estimate of drug-likeness (QED) is 0.513. The van der Waals surface area contributed by atoms with Crippen LogP contribution in [0.25, 0.3) is 0 Å². The summed E-state index contributed by atoms with van der Waals surface area (Å²) >= 11 is 0. The molecular weight excluding hydrogens is 83.0 g/mol. The van der Waals surface area contributed by atoms with E-state index in [2.05, 4.69) is 0 Å². The molecule has 0 radical (unpaired) electrons. The first-order valence-corrected chi connectivity index (χ1v) is 2.08. The predicted octanol–water partition coefficient (Wildman–Crippen LogP) is 0.974. The Kier molecular flexibility index (Phi) is 32.1. The van der Waals surface area contributed by atoms with Crippen molar-refractivity contribution in [1.82, 2.24) is 0 Å². The third-order valence-corrected chi connectivity index (χ3v) is 0.0845. The molecule has 40 valence electrons. The van der Waals surface area contributed by atoms with Crippen molar-refractivity contribution in [2.75, 3.05) is 13.3 Å². The number of halogens is 1. The number of aliphatic hydroxyl groups is 1. The molecule has 6 heavy (non-hydrogen) atoms. The van der Waals surface area contributed by atoms with E-state index in [1.165, 1.54) is 0 Å². The van der Waals surface area contributed by atoms with E-state index in [0.29, 0.717) is 0 Å². The van der Waals surface area contributed by atoms with Crippen molar-refractivity contribution in [3.05, 3.63) is 0 Å². The van der Waals surface area contributed by atoms with Gasteiger partial charge in [0.15, 0.2) is 0 Å². The molecule has 1 nitrogen and oxygen atoms in total. The first-order valence-electron chi connectivity index (χ1n) is 2.08. The maximum atomic E-state index is 10.5. The van der Waals surface area contributed by atoms with Gasteiger partial charge in [0.2, 0.25) is 0 Å². The molecule has 1 N–H and O–H groups in total. The SMILES string of the molecule is CC.OCCF. The lowest BCUT2D eigenvalue weighted by atomic mass is 10.9. The van der Waals surface area contributed by atoms with Crippen LogP contribution in [0.2, 0.25) is 0 Å². The zero-order chi connectivity index (χ0) is 5.41. The van der Waals surface area contributed by atoms with E-state index in [9.17, 15) is 4.39 Å². The number of alkyl halides is 1. The van der Waals surface area contributed by atoms with E-state index < -0.39 is 6.67 Å². The second-order valence-electron chi connectivity index (χ2n) is 0.413. The molecular formula is C4H11FO. The van der Waals surface area contributed by atoms with Crippen LogP contribution >= 0.6 is 0 Å². The first kappa shape index (κ1) is 9.31. The van der Waals surface area contributed by atoms with Gasteiger partial charge in [-0.2, -0.15) is 0 Å². The monoisotopic (exact) mass is 94.1 g/mol. The highest BCUT2D eigenvalue weighted by Crippen LogP contribution is 1.54. The van der Waals surface area contributed by atoms with Crippen molar-refractivity contribution < 1.29 is 9.50 Å². The van der Waals surface area contributed by atoms with Crippen molar-refractivity contribution in [2.45, 2.75) is 13.8 Å². The van der Waals surface area contributed by atoms with Crippen LogP contribution in [0.3, 0.4) is 0 Å². The summed E-state index contributed by atoms with van der Waals surface area (Å²) in [7, 11) is 0.